The molecule has 2 aliphatic rings. The lowest BCUT2D eigenvalue weighted by molar-refractivity contribution is -0.168. The smallest absolute Gasteiger partial charge is 0.387 e. The maximum Gasteiger partial charge on any atom is 0.387 e. The second-order valence-corrected chi connectivity index (χ2v) is 4.92. The molecule has 1 aromatic carbocycles. The fourth-order valence-electron chi connectivity index (χ4n) is 2.45. The largest absolute Gasteiger partial charge is 0.433 e. The number of para-hydroxylation sites is 2. The Balaban J connectivity index is 1.70. The molecular weight excluding hydrogens is 270 g/mol. The van der Waals surface area contributed by atoms with E-state index in [9.17, 15) is 13.6 Å². The molecule has 3 rings (SSSR count). The van der Waals surface area contributed by atoms with Crippen molar-refractivity contribution >= 4 is 11.7 Å². The van der Waals surface area contributed by atoms with Crippen LogP contribution in [0.4, 0.5) is 19.3 Å². The van der Waals surface area contributed by atoms with E-state index in [1.165, 1.54) is 12.1 Å². The lowest BCUT2D eigenvalue weighted by Gasteiger charge is -2.57. The number of carbonyl (C=O) groups excluding carboxylic acids is 1. The topological polar surface area (TPSA) is 50.8 Å². The van der Waals surface area contributed by atoms with Crippen molar-refractivity contribution in [1.82, 2.24) is 4.90 Å². The summed E-state index contributed by atoms with van der Waals surface area (Å²) in [5.74, 6) is -0.0460. The standard InChI is InChI=1S/C13H14F2N2O3/c14-11(15)20-10-4-2-1-3-9(10)16-12(18)17-6-5-13(17)7-19-8-13/h1-4,11H,5-8H2,(H,16,18). The highest BCUT2D eigenvalue weighted by atomic mass is 19.3. The summed E-state index contributed by atoms with van der Waals surface area (Å²) in [6.07, 6.45) is 0.912. The van der Waals surface area contributed by atoms with E-state index in [0.717, 1.165) is 6.42 Å². The molecule has 2 amide bonds. The van der Waals surface area contributed by atoms with Gasteiger partial charge in [-0.25, -0.2) is 4.79 Å². The first kappa shape index (κ1) is 13.1. The van der Waals surface area contributed by atoms with Crippen molar-refractivity contribution in [1.29, 1.82) is 0 Å². The zero-order chi connectivity index (χ0) is 14.2. The number of ether oxygens (including phenoxy) is 2. The van der Waals surface area contributed by atoms with Gasteiger partial charge in [0.15, 0.2) is 0 Å². The third kappa shape index (κ3) is 2.18. The Kier molecular flexibility index (Phi) is 3.21. The number of nitrogens with one attached hydrogen (secondary N) is 1. The molecule has 2 saturated heterocycles. The highest BCUT2D eigenvalue weighted by Gasteiger charge is 2.53. The third-order valence-corrected chi connectivity index (χ3v) is 3.70. The lowest BCUT2D eigenvalue weighted by atomic mass is 9.83. The van der Waals surface area contributed by atoms with Crippen molar-refractivity contribution in [3.8, 4) is 5.75 Å². The Morgan fingerprint density at radius 2 is 2.15 bits per heavy atom. The van der Waals surface area contributed by atoms with Crippen molar-refractivity contribution < 1.29 is 23.0 Å². The zero-order valence-corrected chi connectivity index (χ0v) is 10.6. The van der Waals surface area contributed by atoms with Gasteiger partial charge >= 0.3 is 12.6 Å². The third-order valence-electron chi connectivity index (χ3n) is 3.70. The summed E-state index contributed by atoms with van der Waals surface area (Å²) in [6.45, 7) is -1.21. The molecule has 20 heavy (non-hydrogen) atoms. The quantitative estimate of drug-likeness (QED) is 0.926. The molecule has 1 spiro atoms. The summed E-state index contributed by atoms with van der Waals surface area (Å²) in [6, 6.07) is 5.81. The molecule has 0 bridgehead atoms. The van der Waals surface area contributed by atoms with Crippen molar-refractivity contribution in [2.24, 2.45) is 0 Å². The molecule has 2 heterocycles. The number of urea groups is 1. The number of likely N-dealkylation sites (tertiary alicyclic amines) is 1. The van der Waals surface area contributed by atoms with Gasteiger partial charge in [0.2, 0.25) is 0 Å². The summed E-state index contributed by atoms with van der Waals surface area (Å²) in [7, 11) is 0. The monoisotopic (exact) mass is 284 g/mol. The van der Waals surface area contributed by atoms with Crippen LogP contribution in [0.15, 0.2) is 24.3 Å². The summed E-state index contributed by atoms with van der Waals surface area (Å²) in [4.78, 5) is 13.8. The van der Waals surface area contributed by atoms with Crippen LogP contribution in [0.2, 0.25) is 0 Å². The molecule has 0 atom stereocenters. The first-order valence-corrected chi connectivity index (χ1v) is 6.31. The van der Waals surface area contributed by atoms with E-state index in [1.807, 2.05) is 0 Å². The second kappa shape index (κ2) is 4.90. The summed E-state index contributed by atoms with van der Waals surface area (Å²) in [5, 5.41) is 2.61. The number of hydrogen-bond donors (Lipinski definition) is 1. The van der Waals surface area contributed by atoms with Gasteiger partial charge in [-0.05, 0) is 18.6 Å². The van der Waals surface area contributed by atoms with Crippen molar-refractivity contribution in [2.75, 3.05) is 25.1 Å². The van der Waals surface area contributed by atoms with Crippen LogP contribution in [0.25, 0.3) is 0 Å². The van der Waals surface area contributed by atoms with E-state index in [1.54, 1.807) is 17.0 Å². The van der Waals surface area contributed by atoms with Gasteiger partial charge in [0, 0.05) is 6.54 Å². The number of nitrogens with zero attached hydrogens (tertiary/aromatic N) is 1. The molecule has 1 aromatic rings. The van der Waals surface area contributed by atoms with E-state index in [4.69, 9.17) is 4.74 Å². The van der Waals surface area contributed by atoms with Crippen molar-refractivity contribution in [3.05, 3.63) is 24.3 Å². The minimum Gasteiger partial charge on any atom is -0.433 e. The molecule has 108 valence electrons. The van der Waals surface area contributed by atoms with Crippen LogP contribution in [-0.4, -0.2) is 42.8 Å². The minimum absolute atomic E-state index is 0.0460. The van der Waals surface area contributed by atoms with Crippen LogP contribution >= 0.6 is 0 Å². The van der Waals surface area contributed by atoms with Gasteiger partial charge in [0.05, 0.1) is 24.4 Å². The van der Waals surface area contributed by atoms with E-state index in [-0.39, 0.29) is 23.0 Å². The summed E-state index contributed by atoms with van der Waals surface area (Å²) in [5.41, 5.74) is 0.0443. The van der Waals surface area contributed by atoms with Crippen molar-refractivity contribution in [2.45, 2.75) is 18.6 Å². The van der Waals surface area contributed by atoms with Crippen LogP contribution in [0.1, 0.15) is 6.42 Å². The highest BCUT2D eigenvalue weighted by molar-refractivity contribution is 5.92. The molecule has 1 N–H and O–H groups in total. The van der Waals surface area contributed by atoms with Crippen LogP contribution in [-0.2, 0) is 4.74 Å². The first-order valence-electron chi connectivity index (χ1n) is 6.31. The van der Waals surface area contributed by atoms with Crippen LogP contribution in [0.5, 0.6) is 5.75 Å². The van der Waals surface area contributed by atoms with Gasteiger partial charge in [0.25, 0.3) is 0 Å². The van der Waals surface area contributed by atoms with Gasteiger partial charge in [-0.15, -0.1) is 0 Å². The number of amides is 2. The minimum atomic E-state index is -2.93. The van der Waals surface area contributed by atoms with Crippen molar-refractivity contribution in [3.63, 3.8) is 0 Å². The SMILES string of the molecule is O=C(Nc1ccccc1OC(F)F)N1CCC12COC2. The molecule has 2 fully saturated rings. The molecule has 0 radical (unpaired) electrons. The first-order chi connectivity index (χ1) is 9.61. The number of halogens is 2. The molecule has 0 unspecified atom stereocenters. The average Bonchev–Trinajstić information content (AvgIpc) is 2.27. The Labute approximate surface area is 114 Å². The molecule has 0 aromatic heterocycles. The predicted octanol–water partition coefficient (Wildman–Crippen LogP) is 2.29. The Bertz CT molecular complexity index is 515. The van der Waals surface area contributed by atoms with E-state index < -0.39 is 6.61 Å². The zero-order valence-electron chi connectivity index (χ0n) is 10.6. The maximum absolute atomic E-state index is 12.3. The number of rotatable bonds is 3. The Morgan fingerprint density at radius 3 is 2.70 bits per heavy atom. The van der Waals surface area contributed by atoms with E-state index in [0.29, 0.717) is 19.8 Å². The van der Waals surface area contributed by atoms with Gasteiger partial charge in [-0.2, -0.15) is 8.78 Å². The number of hydrogen-bond acceptors (Lipinski definition) is 3. The van der Waals surface area contributed by atoms with Crippen LogP contribution in [0, 0.1) is 0 Å². The second-order valence-electron chi connectivity index (χ2n) is 4.92. The number of carbonyl (C=O) groups is 1. The molecule has 2 aliphatic heterocycles. The molecule has 7 heteroatoms. The molecule has 0 aliphatic carbocycles. The van der Waals surface area contributed by atoms with E-state index >= 15 is 0 Å². The highest BCUT2D eigenvalue weighted by Crippen LogP contribution is 2.38. The fourth-order valence-corrected chi connectivity index (χ4v) is 2.45. The predicted molar refractivity (Wildman–Crippen MR) is 67.0 cm³/mol. The number of anilines is 1. The van der Waals surface area contributed by atoms with Gasteiger partial charge in [0.1, 0.15) is 5.75 Å². The van der Waals surface area contributed by atoms with Crippen LogP contribution in [0.3, 0.4) is 0 Å². The lowest BCUT2D eigenvalue weighted by Crippen LogP contribution is -2.72. The number of benzene rings is 1. The average molecular weight is 284 g/mol. The molecular formula is C13H14F2N2O3. The van der Waals surface area contributed by atoms with Gasteiger partial charge in [-0.1, -0.05) is 12.1 Å². The maximum atomic E-state index is 12.3. The Hall–Kier alpha value is -1.89. The van der Waals surface area contributed by atoms with Crippen LogP contribution < -0.4 is 10.1 Å². The normalized spacial score (nSPS) is 19.4. The molecule has 5 nitrogen and oxygen atoms in total. The van der Waals surface area contributed by atoms with Gasteiger partial charge in [-0.3, -0.25) is 0 Å². The Morgan fingerprint density at radius 1 is 1.40 bits per heavy atom. The van der Waals surface area contributed by atoms with Gasteiger partial charge < -0.3 is 19.7 Å². The van der Waals surface area contributed by atoms with E-state index in [2.05, 4.69) is 10.1 Å². The molecule has 0 saturated carbocycles. The summed E-state index contributed by atoms with van der Waals surface area (Å²) < 4.78 is 34.1. The number of alkyl halides is 2. The summed E-state index contributed by atoms with van der Waals surface area (Å²) >= 11 is 0. The fraction of sp³-hybridized carbons (Fsp3) is 0.462.